The molecule has 6 fully saturated rings. The van der Waals surface area contributed by atoms with Gasteiger partial charge in [0.1, 0.15) is 13.0 Å². The Kier molecular flexibility index (Phi) is 2.26. The minimum Gasteiger partial charge on any atom is -0.460 e. The lowest BCUT2D eigenvalue weighted by Gasteiger charge is -3.08. The molecule has 6 saturated carbocycles. The summed E-state index contributed by atoms with van der Waals surface area (Å²) >= 11 is 0. The van der Waals surface area contributed by atoms with E-state index in [2.05, 4.69) is 6.07 Å². The maximum atomic E-state index is 12.2. The van der Waals surface area contributed by atoms with E-state index in [0.717, 1.165) is 47.0 Å². The first-order chi connectivity index (χ1) is 11.9. The molecule has 6 heteroatoms. The number of esters is 1. The first kappa shape index (κ1) is 14.3. The van der Waals surface area contributed by atoms with Gasteiger partial charge in [0, 0.05) is 5.41 Å². The molecular formula is C19H15F3O3. The summed E-state index contributed by atoms with van der Waals surface area (Å²) in [6, 6.07) is 7.81. The number of rotatable bonds is 5. The van der Waals surface area contributed by atoms with E-state index in [1.807, 2.05) is 18.2 Å². The van der Waals surface area contributed by atoms with Gasteiger partial charge in [-0.05, 0) is 52.6 Å². The summed E-state index contributed by atoms with van der Waals surface area (Å²) in [5, 5.41) is 0. The van der Waals surface area contributed by atoms with Crippen LogP contribution in [0.4, 0.5) is 13.2 Å². The molecule has 1 aromatic carbocycles. The molecule has 0 atom stereocenters. The summed E-state index contributed by atoms with van der Waals surface area (Å²) in [6.45, 7) is -0.0581. The maximum Gasteiger partial charge on any atom is 0.450 e. The highest BCUT2D eigenvalue weighted by atomic mass is 19.4. The van der Waals surface area contributed by atoms with Gasteiger partial charge in [0.15, 0.2) is 0 Å². The molecule has 0 heterocycles. The molecule has 3 nitrogen and oxygen atoms in total. The topological polar surface area (TPSA) is 43.4 Å². The third-order valence-corrected chi connectivity index (χ3v) is 7.97. The molecule has 7 rings (SSSR count). The number of alkyl halides is 3. The van der Waals surface area contributed by atoms with Crippen LogP contribution in [0.5, 0.6) is 0 Å². The van der Waals surface area contributed by atoms with Crippen LogP contribution >= 0.6 is 0 Å². The van der Waals surface area contributed by atoms with Crippen molar-refractivity contribution in [3.63, 3.8) is 0 Å². The first-order valence-corrected chi connectivity index (χ1v) is 8.72. The molecule has 0 spiro atoms. The number of hydrogen-bond donors (Lipinski definition) is 0. The Morgan fingerprint density at radius 3 is 2.20 bits per heavy atom. The van der Waals surface area contributed by atoms with Gasteiger partial charge in [0.2, 0.25) is 5.78 Å². The summed E-state index contributed by atoms with van der Waals surface area (Å²) in [5.74, 6) is 2.95. The molecule has 0 aromatic heterocycles. The Bertz CT molecular complexity index is 792. The van der Waals surface area contributed by atoms with Gasteiger partial charge in [0.25, 0.3) is 0 Å². The number of halogens is 3. The highest BCUT2D eigenvalue weighted by Gasteiger charge is 3.04. The van der Waals surface area contributed by atoms with E-state index in [1.165, 1.54) is 5.56 Å². The zero-order valence-electron chi connectivity index (χ0n) is 13.1. The predicted octanol–water partition coefficient (Wildman–Crippen LogP) is 2.87. The highest BCUT2D eigenvalue weighted by Crippen LogP contribution is 3.05. The van der Waals surface area contributed by atoms with Gasteiger partial charge < -0.3 is 4.74 Å². The smallest absolute Gasteiger partial charge is 0.450 e. The molecule has 6 aliphatic rings. The minimum atomic E-state index is -4.99. The van der Waals surface area contributed by atoms with Crippen LogP contribution in [0.25, 0.3) is 0 Å². The Morgan fingerprint density at radius 1 is 1.00 bits per heavy atom. The van der Waals surface area contributed by atoms with Crippen molar-refractivity contribution >= 4 is 11.8 Å². The third-order valence-electron chi connectivity index (χ3n) is 7.97. The third kappa shape index (κ3) is 1.27. The number of ketones is 1. The van der Waals surface area contributed by atoms with E-state index < -0.39 is 24.3 Å². The van der Waals surface area contributed by atoms with Gasteiger partial charge in [-0.1, -0.05) is 24.3 Å². The van der Waals surface area contributed by atoms with Crippen LogP contribution in [-0.4, -0.2) is 17.9 Å². The standard InChI is InChI=1S/C19H15F3O3/c20-19(21,22)9(23)5-10(24)25-6-7-3-1-2-4-8(7)18-15-12-11-13(15)17(18)14(11)16(12)18/h1-4,11-17H,5-6H2. The Labute approximate surface area is 141 Å². The lowest BCUT2D eigenvalue weighted by molar-refractivity contribution is -0.581. The zero-order valence-corrected chi connectivity index (χ0v) is 13.1. The van der Waals surface area contributed by atoms with Crippen LogP contribution in [0.3, 0.4) is 0 Å². The van der Waals surface area contributed by atoms with E-state index in [1.54, 1.807) is 0 Å². The van der Waals surface area contributed by atoms with Crippen molar-refractivity contribution in [2.75, 3.05) is 0 Å². The second-order valence-corrected chi connectivity index (χ2v) is 8.24. The van der Waals surface area contributed by atoms with Gasteiger partial charge in [-0.25, -0.2) is 0 Å². The van der Waals surface area contributed by atoms with E-state index in [4.69, 9.17) is 4.74 Å². The second-order valence-electron chi connectivity index (χ2n) is 8.24. The van der Waals surface area contributed by atoms with E-state index in [0.29, 0.717) is 0 Å². The van der Waals surface area contributed by atoms with Crippen molar-refractivity contribution in [1.82, 2.24) is 0 Å². The number of carbonyl (C=O) groups excluding carboxylic acids is 2. The van der Waals surface area contributed by atoms with E-state index in [-0.39, 0.29) is 12.0 Å². The molecule has 1 aromatic rings. The average molecular weight is 348 g/mol. The molecular weight excluding hydrogens is 333 g/mol. The normalized spacial score (nSPS) is 45.8. The quantitative estimate of drug-likeness (QED) is 0.607. The Hall–Kier alpha value is -1.85. The molecule has 0 unspecified atom stereocenters. The number of hydrogen-bond acceptors (Lipinski definition) is 3. The number of Topliss-reactive ketones (excluding diaryl/α,β-unsaturated/α-hetero) is 1. The summed E-state index contributed by atoms with van der Waals surface area (Å²) in [4.78, 5) is 22.5. The van der Waals surface area contributed by atoms with Crippen molar-refractivity contribution in [3.8, 4) is 0 Å². The van der Waals surface area contributed by atoms with Crippen molar-refractivity contribution in [3.05, 3.63) is 35.4 Å². The van der Waals surface area contributed by atoms with Crippen molar-refractivity contribution in [2.24, 2.45) is 41.4 Å². The van der Waals surface area contributed by atoms with Crippen molar-refractivity contribution < 1.29 is 27.5 Å². The fraction of sp³-hybridized carbons (Fsp3) is 0.579. The maximum absolute atomic E-state index is 12.2. The molecule has 0 radical (unpaired) electrons. The van der Waals surface area contributed by atoms with Crippen LogP contribution in [0.15, 0.2) is 24.3 Å². The largest absolute Gasteiger partial charge is 0.460 e. The van der Waals surface area contributed by atoms with E-state index >= 15 is 0 Å². The number of benzene rings is 1. The zero-order chi connectivity index (χ0) is 17.3. The first-order valence-electron chi connectivity index (χ1n) is 8.72. The Morgan fingerprint density at radius 2 is 1.60 bits per heavy atom. The second kappa shape index (κ2) is 3.94. The highest BCUT2D eigenvalue weighted by molar-refractivity contribution is 5.98. The fourth-order valence-corrected chi connectivity index (χ4v) is 7.48. The van der Waals surface area contributed by atoms with Crippen LogP contribution in [0.1, 0.15) is 17.5 Å². The van der Waals surface area contributed by atoms with Gasteiger partial charge in [0.05, 0.1) is 0 Å². The molecule has 0 saturated heterocycles. The van der Waals surface area contributed by atoms with Crippen molar-refractivity contribution in [1.29, 1.82) is 0 Å². The minimum absolute atomic E-state index is 0.0581. The average Bonchev–Trinajstić information content (AvgIpc) is 2.59. The lowest BCUT2D eigenvalue weighted by Crippen LogP contribution is -3.07. The van der Waals surface area contributed by atoms with Gasteiger partial charge in [-0.15, -0.1) is 0 Å². The molecule has 6 aliphatic carbocycles. The molecule has 0 bridgehead atoms. The summed E-state index contributed by atoms with van der Waals surface area (Å²) in [5.41, 5.74) is 2.39. The van der Waals surface area contributed by atoms with Gasteiger partial charge >= 0.3 is 12.1 Å². The molecule has 25 heavy (non-hydrogen) atoms. The van der Waals surface area contributed by atoms with Crippen molar-refractivity contribution in [2.45, 2.75) is 24.6 Å². The number of ether oxygens (including phenoxy) is 1. The summed E-state index contributed by atoms with van der Waals surface area (Å²) < 4.78 is 41.7. The molecule has 0 amide bonds. The van der Waals surface area contributed by atoms with Crippen LogP contribution < -0.4 is 0 Å². The van der Waals surface area contributed by atoms with Crippen LogP contribution in [0, 0.1) is 41.4 Å². The Balaban J connectivity index is 1.18. The van der Waals surface area contributed by atoms with E-state index in [9.17, 15) is 22.8 Å². The number of carbonyl (C=O) groups is 2. The molecule has 0 aliphatic heterocycles. The van der Waals surface area contributed by atoms with Gasteiger partial charge in [-0.3, -0.25) is 9.59 Å². The summed E-state index contributed by atoms with van der Waals surface area (Å²) in [6.07, 6.45) is -6.25. The fourth-order valence-electron chi connectivity index (χ4n) is 7.48. The molecule has 130 valence electrons. The van der Waals surface area contributed by atoms with Crippen LogP contribution in [-0.2, 0) is 26.3 Å². The monoisotopic (exact) mass is 348 g/mol. The lowest BCUT2D eigenvalue weighted by atomic mass is 8.96. The predicted molar refractivity (Wildman–Crippen MR) is 78.0 cm³/mol. The van der Waals surface area contributed by atoms with Gasteiger partial charge in [-0.2, -0.15) is 13.2 Å². The van der Waals surface area contributed by atoms with Crippen LogP contribution in [0.2, 0.25) is 0 Å². The summed E-state index contributed by atoms with van der Waals surface area (Å²) in [7, 11) is 0. The SMILES string of the molecule is O=C(CC(=O)C(F)(F)F)OCc1ccccc1C12C3C4C5C3C1C5C42. The molecule has 0 N–H and O–H groups in total.